The van der Waals surface area contributed by atoms with Crippen molar-refractivity contribution in [1.82, 2.24) is 29.3 Å². The van der Waals surface area contributed by atoms with E-state index in [1.54, 1.807) is 55.2 Å². The lowest BCUT2D eigenvalue weighted by atomic mass is 10.2. The summed E-state index contributed by atoms with van der Waals surface area (Å²) in [6.45, 7) is 3.66. The molecule has 3 aromatic heterocycles. The number of hydrogen-bond acceptors (Lipinski definition) is 6. The fraction of sp³-hybridized carbons (Fsp3) is 0.200. The lowest BCUT2D eigenvalue weighted by Crippen LogP contribution is -2.16. The van der Waals surface area contributed by atoms with Gasteiger partial charge in [-0.15, -0.1) is 0 Å². The number of anilines is 1. The number of carbonyl (C=O) groups is 1. The second-order valence-electron chi connectivity index (χ2n) is 7.21. The van der Waals surface area contributed by atoms with Crippen LogP contribution in [0.4, 0.5) is 11.5 Å². The van der Waals surface area contributed by atoms with Crippen molar-refractivity contribution in [2.45, 2.75) is 27.1 Å². The number of halogens is 2. The first-order valence-corrected chi connectivity index (χ1v) is 10.5. The summed E-state index contributed by atoms with van der Waals surface area (Å²) in [5.41, 5.74) is 1.58. The summed E-state index contributed by atoms with van der Waals surface area (Å²) in [5, 5.41) is 27.6. The van der Waals surface area contributed by atoms with Crippen LogP contribution in [0.3, 0.4) is 0 Å². The molecule has 0 spiro atoms. The van der Waals surface area contributed by atoms with Crippen molar-refractivity contribution in [3.8, 4) is 0 Å². The molecular weight excluding hydrogens is 471 g/mol. The van der Waals surface area contributed by atoms with Gasteiger partial charge in [0.05, 0.1) is 11.5 Å². The van der Waals surface area contributed by atoms with Crippen LogP contribution >= 0.6 is 23.2 Å². The lowest BCUT2D eigenvalue weighted by molar-refractivity contribution is -0.386. The van der Waals surface area contributed by atoms with Crippen LogP contribution in [-0.4, -0.2) is 40.2 Å². The quantitative estimate of drug-likeness (QED) is 0.310. The van der Waals surface area contributed by atoms with E-state index in [4.69, 9.17) is 23.2 Å². The first-order chi connectivity index (χ1) is 15.7. The van der Waals surface area contributed by atoms with Crippen molar-refractivity contribution in [1.29, 1.82) is 0 Å². The molecule has 13 heteroatoms. The minimum atomic E-state index is -0.463. The number of aromatic nitrogens is 6. The maximum absolute atomic E-state index is 12.6. The summed E-state index contributed by atoms with van der Waals surface area (Å²) in [4.78, 5) is 23.3. The summed E-state index contributed by atoms with van der Waals surface area (Å²) < 4.78 is 4.54. The van der Waals surface area contributed by atoms with Crippen LogP contribution in [0, 0.1) is 24.0 Å². The Kier molecular flexibility index (Phi) is 6.16. The third-order valence-electron chi connectivity index (χ3n) is 4.94. The average molecular weight is 489 g/mol. The van der Waals surface area contributed by atoms with E-state index in [0.29, 0.717) is 33.8 Å². The first kappa shape index (κ1) is 22.5. The summed E-state index contributed by atoms with van der Waals surface area (Å²) in [6.07, 6.45) is 3.29. The van der Waals surface area contributed by atoms with Gasteiger partial charge in [0.15, 0.2) is 11.5 Å². The van der Waals surface area contributed by atoms with Gasteiger partial charge < -0.3 is 5.32 Å². The van der Waals surface area contributed by atoms with Crippen LogP contribution in [-0.2, 0) is 13.2 Å². The van der Waals surface area contributed by atoms with Crippen molar-refractivity contribution < 1.29 is 9.72 Å². The van der Waals surface area contributed by atoms with E-state index in [2.05, 4.69) is 20.6 Å². The number of aryl methyl sites for hydroxylation is 1. The van der Waals surface area contributed by atoms with Crippen LogP contribution in [0.1, 0.15) is 27.4 Å². The fourth-order valence-corrected chi connectivity index (χ4v) is 3.85. The highest BCUT2D eigenvalue weighted by Crippen LogP contribution is 2.25. The van der Waals surface area contributed by atoms with E-state index >= 15 is 0 Å². The molecule has 33 heavy (non-hydrogen) atoms. The summed E-state index contributed by atoms with van der Waals surface area (Å²) in [5.74, 6) is -0.110. The molecule has 4 rings (SSSR count). The van der Waals surface area contributed by atoms with E-state index in [1.807, 2.05) is 0 Å². The number of nitrogens with one attached hydrogen (secondary N) is 1. The predicted molar refractivity (Wildman–Crippen MR) is 122 cm³/mol. The summed E-state index contributed by atoms with van der Waals surface area (Å²) >= 11 is 12.4. The Morgan fingerprint density at radius 1 is 1.06 bits per heavy atom. The lowest BCUT2D eigenvalue weighted by Gasteiger charge is -2.07. The van der Waals surface area contributed by atoms with E-state index in [9.17, 15) is 14.9 Å². The topological polar surface area (TPSA) is 126 Å². The third kappa shape index (κ3) is 4.73. The zero-order valence-corrected chi connectivity index (χ0v) is 19.1. The zero-order valence-electron chi connectivity index (χ0n) is 17.6. The van der Waals surface area contributed by atoms with Crippen LogP contribution in [0.5, 0.6) is 0 Å². The molecule has 0 atom stereocenters. The van der Waals surface area contributed by atoms with Gasteiger partial charge in [0.25, 0.3) is 5.91 Å². The number of nitrogens with zero attached hydrogens (tertiary/aromatic N) is 7. The van der Waals surface area contributed by atoms with Crippen LogP contribution < -0.4 is 5.32 Å². The first-order valence-electron chi connectivity index (χ1n) is 9.72. The number of rotatable bonds is 7. The second-order valence-corrected chi connectivity index (χ2v) is 8.03. The van der Waals surface area contributed by atoms with Gasteiger partial charge in [0.1, 0.15) is 18.1 Å². The Balaban J connectivity index is 1.43. The third-order valence-corrected chi connectivity index (χ3v) is 5.65. The Morgan fingerprint density at radius 2 is 1.76 bits per heavy atom. The van der Waals surface area contributed by atoms with Gasteiger partial charge in [0, 0.05) is 34.1 Å². The number of carbonyl (C=O) groups excluding carboxylic acids is 1. The normalized spacial score (nSPS) is 11.0. The maximum atomic E-state index is 12.6. The van der Waals surface area contributed by atoms with Crippen molar-refractivity contribution in [2.75, 3.05) is 5.32 Å². The van der Waals surface area contributed by atoms with Crippen LogP contribution in [0.25, 0.3) is 0 Å². The molecule has 1 amide bonds. The van der Waals surface area contributed by atoms with Gasteiger partial charge >= 0.3 is 5.69 Å². The molecular formula is C20H18Cl2N8O3. The highest BCUT2D eigenvalue weighted by molar-refractivity contribution is 6.35. The largest absolute Gasteiger partial charge is 0.312 e. The molecule has 0 aliphatic heterocycles. The molecule has 0 aliphatic rings. The Labute approximate surface area is 197 Å². The van der Waals surface area contributed by atoms with Gasteiger partial charge in [-0.25, -0.2) is 4.68 Å². The highest BCUT2D eigenvalue weighted by atomic mass is 35.5. The van der Waals surface area contributed by atoms with Crippen LogP contribution in [0.2, 0.25) is 10.0 Å². The summed E-state index contributed by atoms with van der Waals surface area (Å²) in [6, 6.07) is 8.44. The number of benzene rings is 1. The van der Waals surface area contributed by atoms with E-state index in [1.165, 1.54) is 15.4 Å². The molecule has 0 unspecified atom stereocenters. The Bertz CT molecular complexity index is 1340. The Hall–Kier alpha value is -3.70. The van der Waals surface area contributed by atoms with Gasteiger partial charge in [-0.1, -0.05) is 29.3 Å². The van der Waals surface area contributed by atoms with Crippen molar-refractivity contribution in [3.05, 3.63) is 85.5 Å². The molecule has 0 radical (unpaired) electrons. The van der Waals surface area contributed by atoms with Gasteiger partial charge in [-0.05, 0) is 32.0 Å². The highest BCUT2D eigenvalue weighted by Gasteiger charge is 2.22. The number of nitro groups is 1. The molecule has 0 saturated carbocycles. The van der Waals surface area contributed by atoms with E-state index in [0.717, 1.165) is 5.56 Å². The molecule has 170 valence electrons. The van der Waals surface area contributed by atoms with Crippen molar-refractivity contribution in [2.24, 2.45) is 0 Å². The number of amides is 1. The average Bonchev–Trinajstić information content (AvgIpc) is 3.45. The second kappa shape index (κ2) is 9.04. The molecule has 1 aromatic carbocycles. The minimum absolute atomic E-state index is 0.0335. The van der Waals surface area contributed by atoms with E-state index in [-0.39, 0.29) is 18.1 Å². The van der Waals surface area contributed by atoms with Gasteiger partial charge in [-0.3, -0.25) is 24.3 Å². The summed E-state index contributed by atoms with van der Waals surface area (Å²) in [7, 11) is 0. The molecule has 1 N–H and O–H groups in total. The van der Waals surface area contributed by atoms with E-state index < -0.39 is 10.8 Å². The van der Waals surface area contributed by atoms with Crippen molar-refractivity contribution in [3.63, 3.8) is 0 Å². The molecule has 4 aromatic rings. The van der Waals surface area contributed by atoms with Gasteiger partial charge in [0.2, 0.25) is 0 Å². The smallest absolute Gasteiger partial charge is 0.304 e. The standard InChI is InChI=1S/C20H18Cl2N8O3/c1-12-19(30(32)33)13(2)29(24-12)11-28-8-6-17(25-28)20(31)23-18-7-9-27(26-18)10-14-15(21)4-3-5-16(14)22/h3-9H,10-11H2,1-2H3,(H,23,26,31). The molecule has 11 nitrogen and oxygen atoms in total. The Morgan fingerprint density at radius 3 is 2.42 bits per heavy atom. The molecule has 0 aliphatic carbocycles. The maximum Gasteiger partial charge on any atom is 0.312 e. The zero-order chi connectivity index (χ0) is 23.7. The molecule has 3 heterocycles. The molecule has 0 saturated heterocycles. The molecule has 0 fully saturated rings. The predicted octanol–water partition coefficient (Wildman–Crippen LogP) is 3.91. The minimum Gasteiger partial charge on any atom is -0.304 e. The monoisotopic (exact) mass is 488 g/mol. The number of hydrogen-bond donors (Lipinski definition) is 1. The van der Waals surface area contributed by atoms with Crippen molar-refractivity contribution >= 4 is 40.6 Å². The fourth-order valence-electron chi connectivity index (χ4n) is 3.33. The SMILES string of the molecule is Cc1nn(Cn2ccc(C(=O)Nc3ccn(Cc4c(Cl)cccc4Cl)n3)n2)c(C)c1[N+](=O)[O-]. The van der Waals surface area contributed by atoms with Crippen LogP contribution in [0.15, 0.2) is 42.7 Å². The molecule has 0 bridgehead atoms. The van der Waals surface area contributed by atoms with Gasteiger partial charge in [-0.2, -0.15) is 15.3 Å².